The van der Waals surface area contributed by atoms with E-state index in [1.54, 1.807) is 4.90 Å². The molecule has 2 fully saturated rings. The first-order chi connectivity index (χ1) is 14.9. The Hall–Kier alpha value is -2.96. The van der Waals surface area contributed by atoms with Gasteiger partial charge in [-0.3, -0.25) is 9.59 Å². The van der Waals surface area contributed by atoms with Gasteiger partial charge in [0.2, 0.25) is 11.8 Å². The van der Waals surface area contributed by atoms with E-state index in [0.29, 0.717) is 12.4 Å². The summed E-state index contributed by atoms with van der Waals surface area (Å²) in [4.78, 5) is 38.5. The topological polar surface area (TPSA) is 78.4 Å². The highest BCUT2D eigenvalue weighted by Gasteiger charge is 2.35. The zero-order valence-electron chi connectivity index (χ0n) is 18.6. The average Bonchev–Trinajstić information content (AvgIpc) is 3.16. The molecule has 7 nitrogen and oxygen atoms in total. The molecule has 1 aromatic carbocycles. The lowest BCUT2D eigenvalue weighted by atomic mass is 10.1. The van der Waals surface area contributed by atoms with Crippen LogP contribution in [0.2, 0.25) is 0 Å². The van der Waals surface area contributed by atoms with E-state index in [2.05, 4.69) is 20.2 Å². The van der Waals surface area contributed by atoms with Crippen LogP contribution in [0.1, 0.15) is 48.3 Å². The Bertz CT molecular complexity index is 984. The van der Waals surface area contributed by atoms with Crippen molar-refractivity contribution < 1.29 is 9.59 Å². The van der Waals surface area contributed by atoms with Gasteiger partial charge < -0.3 is 15.1 Å². The molecule has 1 unspecified atom stereocenters. The SMILES string of the molecule is Cc1cc(N2CCCCC2)nc(CNC(=O)C2CC(=O)N(c3ccc(C)c(C)c3)C2)n1. The van der Waals surface area contributed by atoms with Crippen LogP contribution in [0, 0.1) is 26.7 Å². The molecule has 164 valence electrons. The van der Waals surface area contributed by atoms with Crippen molar-refractivity contribution in [2.75, 3.05) is 29.4 Å². The minimum Gasteiger partial charge on any atom is -0.357 e. The second-order valence-corrected chi connectivity index (χ2v) is 8.72. The first kappa shape index (κ1) is 21.3. The standard InChI is InChI=1S/C24H31N5O2/c1-16-7-8-20(11-17(16)2)29-15-19(13-23(29)30)24(31)25-14-21-26-18(3)12-22(27-21)28-9-5-4-6-10-28/h7-8,11-12,19H,4-6,9-10,13-15H2,1-3H3,(H,25,31). The first-order valence-electron chi connectivity index (χ1n) is 11.2. The van der Waals surface area contributed by atoms with Crippen LogP contribution in [0.15, 0.2) is 24.3 Å². The van der Waals surface area contributed by atoms with E-state index in [4.69, 9.17) is 0 Å². The summed E-state index contributed by atoms with van der Waals surface area (Å²) in [5.74, 6) is 1.06. The second kappa shape index (κ2) is 9.04. The second-order valence-electron chi connectivity index (χ2n) is 8.72. The Labute approximate surface area is 183 Å². The number of hydrogen-bond acceptors (Lipinski definition) is 5. The normalized spacial score (nSPS) is 19.1. The minimum atomic E-state index is -0.361. The van der Waals surface area contributed by atoms with E-state index >= 15 is 0 Å². The lowest BCUT2D eigenvalue weighted by Crippen LogP contribution is -2.34. The maximum absolute atomic E-state index is 12.8. The predicted octanol–water partition coefficient (Wildman–Crippen LogP) is 3.06. The molecule has 2 aliphatic rings. The molecular formula is C24H31N5O2. The molecule has 2 amide bonds. The van der Waals surface area contributed by atoms with Gasteiger partial charge in [0.05, 0.1) is 12.5 Å². The molecule has 31 heavy (non-hydrogen) atoms. The predicted molar refractivity (Wildman–Crippen MR) is 121 cm³/mol. The largest absolute Gasteiger partial charge is 0.357 e. The van der Waals surface area contributed by atoms with Gasteiger partial charge in [-0.25, -0.2) is 9.97 Å². The quantitative estimate of drug-likeness (QED) is 0.803. The summed E-state index contributed by atoms with van der Waals surface area (Å²) in [7, 11) is 0. The van der Waals surface area contributed by atoms with Crippen LogP contribution in [0.25, 0.3) is 0 Å². The van der Waals surface area contributed by atoms with E-state index < -0.39 is 0 Å². The fourth-order valence-electron chi connectivity index (χ4n) is 4.31. The minimum absolute atomic E-state index is 0.0115. The number of nitrogens with zero attached hydrogens (tertiary/aromatic N) is 4. The number of carbonyl (C=O) groups excluding carboxylic acids is 2. The first-order valence-corrected chi connectivity index (χ1v) is 11.2. The highest BCUT2D eigenvalue weighted by molar-refractivity contribution is 6.00. The number of carbonyl (C=O) groups is 2. The van der Waals surface area contributed by atoms with Crippen LogP contribution in [0.3, 0.4) is 0 Å². The number of nitrogens with one attached hydrogen (secondary N) is 1. The number of benzene rings is 1. The van der Waals surface area contributed by atoms with E-state index in [1.807, 2.05) is 45.0 Å². The number of rotatable bonds is 5. The monoisotopic (exact) mass is 421 g/mol. The molecule has 3 heterocycles. The average molecular weight is 422 g/mol. The summed E-state index contributed by atoms with van der Waals surface area (Å²) in [6, 6.07) is 7.98. The van der Waals surface area contributed by atoms with E-state index in [1.165, 1.54) is 24.8 Å². The molecule has 2 aliphatic heterocycles. The Morgan fingerprint density at radius 1 is 1.06 bits per heavy atom. The summed E-state index contributed by atoms with van der Waals surface area (Å²) in [6.07, 6.45) is 3.86. The van der Waals surface area contributed by atoms with Gasteiger partial charge in [0.1, 0.15) is 11.6 Å². The van der Waals surface area contributed by atoms with Crippen molar-refractivity contribution in [3.05, 3.63) is 46.9 Å². The molecule has 2 aromatic rings. The molecule has 0 radical (unpaired) electrons. The van der Waals surface area contributed by atoms with Crippen molar-refractivity contribution in [1.82, 2.24) is 15.3 Å². The molecule has 1 atom stereocenters. The third kappa shape index (κ3) is 4.86. The fraction of sp³-hybridized carbons (Fsp3) is 0.500. The molecule has 0 spiro atoms. The summed E-state index contributed by atoms with van der Waals surface area (Å²) < 4.78 is 0. The molecule has 7 heteroatoms. The molecule has 1 N–H and O–H groups in total. The molecule has 1 aromatic heterocycles. The van der Waals surface area contributed by atoms with Gasteiger partial charge in [-0.2, -0.15) is 0 Å². The van der Waals surface area contributed by atoms with Crippen LogP contribution in [0.5, 0.6) is 0 Å². The van der Waals surface area contributed by atoms with Crippen molar-refractivity contribution >= 4 is 23.3 Å². The third-order valence-corrected chi connectivity index (χ3v) is 6.29. The van der Waals surface area contributed by atoms with Crippen molar-refractivity contribution in [2.45, 2.75) is 53.0 Å². The van der Waals surface area contributed by atoms with Crippen molar-refractivity contribution in [2.24, 2.45) is 5.92 Å². The Morgan fingerprint density at radius 2 is 1.84 bits per heavy atom. The molecule has 0 saturated carbocycles. The third-order valence-electron chi connectivity index (χ3n) is 6.29. The van der Waals surface area contributed by atoms with E-state index in [0.717, 1.165) is 35.9 Å². The molecule has 2 saturated heterocycles. The molecule has 0 bridgehead atoms. The van der Waals surface area contributed by atoms with Gasteiger partial charge in [0.15, 0.2) is 0 Å². The summed E-state index contributed by atoms with van der Waals surface area (Å²) in [5.41, 5.74) is 4.08. The number of aryl methyl sites for hydroxylation is 3. The number of hydrogen-bond donors (Lipinski definition) is 1. The van der Waals surface area contributed by atoms with E-state index in [9.17, 15) is 9.59 Å². The lowest BCUT2D eigenvalue weighted by molar-refractivity contribution is -0.126. The van der Waals surface area contributed by atoms with Gasteiger partial charge in [-0.1, -0.05) is 6.07 Å². The Morgan fingerprint density at radius 3 is 2.58 bits per heavy atom. The number of amides is 2. The smallest absolute Gasteiger partial charge is 0.227 e. The Kier molecular flexibility index (Phi) is 6.20. The van der Waals surface area contributed by atoms with Crippen molar-refractivity contribution in [3.8, 4) is 0 Å². The van der Waals surface area contributed by atoms with Gasteiger partial charge in [-0.05, 0) is 63.3 Å². The maximum Gasteiger partial charge on any atom is 0.227 e. The zero-order chi connectivity index (χ0) is 22.0. The van der Waals surface area contributed by atoms with Gasteiger partial charge in [0, 0.05) is 43.5 Å². The van der Waals surface area contributed by atoms with E-state index in [-0.39, 0.29) is 30.7 Å². The molecular weight excluding hydrogens is 390 g/mol. The van der Waals surface area contributed by atoms with Gasteiger partial charge in [-0.15, -0.1) is 0 Å². The maximum atomic E-state index is 12.8. The Balaban J connectivity index is 1.38. The summed E-state index contributed by atoms with van der Waals surface area (Å²) >= 11 is 0. The number of aromatic nitrogens is 2. The highest BCUT2D eigenvalue weighted by atomic mass is 16.2. The fourth-order valence-corrected chi connectivity index (χ4v) is 4.31. The van der Waals surface area contributed by atoms with Gasteiger partial charge >= 0.3 is 0 Å². The van der Waals surface area contributed by atoms with Crippen molar-refractivity contribution in [1.29, 1.82) is 0 Å². The van der Waals surface area contributed by atoms with Crippen LogP contribution < -0.4 is 15.1 Å². The van der Waals surface area contributed by atoms with Crippen LogP contribution in [-0.2, 0) is 16.1 Å². The lowest BCUT2D eigenvalue weighted by Gasteiger charge is -2.28. The molecule has 4 rings (SSSR count). The van der Waals surface area contributed by atoms with Gasteiger partial charge in [0.25, 0.3) is 0 Å². The van der Waals surface area contributed by atoms with Crippen LogP contribution in [-0.4, -0.2) is 41.4 Å². The summed E-state index contributed by atoms with van der Waals surface area (Å²) in [5, 5.41) is 2.95. The van der Waals surface area contributed by atoms with Crippen molar-refractivity contribution in [3.63, 3.8) is 0 Å². The number of anilines is 2. The van der Waals surface area contributed by atoms with Crippen LogP contribution in [0.4, 0.5) is 11.5 Å². The number of piperidine rings is 1. The summed E-state index contributed by atoms with van der Waals surface area (Å²) in [6.45, 7) is 8.74. The molecule has 0 aliphatic carbocycles. The highest BCUT2D eigenvalue weighted by Crippen LogP contribution is 2.27. The van der Waals surface area contributed by atoms with Crippen LogP contribution >= 0.6 is 0 Å². The zero-order valence-corrected chi connectivity index (χ0v) is 18.6.